The first-order valence-corrected chi connectivity index (χ1v) is 4.31. The van der Waals surface area contributed by atoms with Crippen LogP contribution in [0.4, 0.5) is 0 Å². The molecule has 0 saturated carbocycles. The molecule has 13 heavy (non-hydrogen) atoms. The Hall–Kier alpha value is -0.585. The third-order valence-corrected chi connectivity index (χ3v) is 1.97. The summed E-state index contributed by atoms with van der Waals surface area (Å²) >= 11 is 0. The molecule has 0 aromatic carbocycles. The second kappa shape index (κ2) is 5.21. The fourth-order valence-corrected chi connectivity index (χ4v) is 1.17. The lowest BCUT2D eigenvalue weighted by atomic mass is 9.77. The molecule has 6 heteroatoms. The number of hydrogen-bond donors (Lipinski definition) is 4. The number of nitrogens with two attached hydrogens (primary N) is 1. The van der Waals surface area contributed by atoms with Gasteiger partial charge >= 0.3 is 13.1 Å². The minimum atomic E-state index is -1.49. The molecule has 0 rings (SSSR count). The second-order valence-electron chi connectivity index (χ2n) is 3.23. The lowest BCUT2D eigenvalue weighted by Gasteiger charge is -2.23. The van der Waals surface area contributed by atoms with Gasteiger partial charge < -0.3 is 20.9 Å². The molecule has 76 valence electrons. The molecule has 1 unspecified atom stereocenters. The van der Waals surface area contributed by atoms with Crippen molar-refractivity contribution in [3.63, 3.8) is 0 Å². The number of rotatable bonds is 6. The predicted molar refractivity (Wildman–Crippen MR) is 49.1 cm³/mol. The van der Waals surface area contributed by atoms with E-state index in [1.165, 1.54) is 0 Å². The number of carboxylic acids is 1. The molecule has 0 heterocycles. The summed E-state index contributed by atoms with van der Waals surface area (Å²) in [6.45, 7) is 1.83. The predicted octanol–water partition coefficient (Wildman–Crippen LogP) is -0.569. The summed E-state index contributed by atoms with van der Waals surface area (Å²) in [6.07, 6.45) is 1.07. The van der Waals surface area contributed by atoms with E-state index in [2.05, 4.69) is 0 Å². The Labute approximate surface area is 77.7 Å². The zero-order valence-corrected chi connectivity index (χ0v) is 7.73. The Morgan fingerprint density at radius 2 is 2.00 bits per heavy atom. The van der Waals surface area contributed by atoms with E-state index in [0.29, 0.717) is 12.8 Å². The number of carboxylic acid groups (broad SMARTS) is 1. The van der Waals surface area contributed by atoms with Crippen LogP contribution in [0.5, 0.6) is 0 Å². The van der Waals surface area contributed by atoms with E-state index in [-0.39, 0.29) is 12.7 Å². The standard InChI is InChI=1S/C7H16BNO4/c1-2-3-7(9,6(10)11)4-5-8(12)13/h12-13H,2-5,9H2,1H3,(H,10,11). The molecule has 5 N–H and O–H groups in total. The SMILES string of the molecule is CCCC(N)(CCB(O)O)C(=O)O. The van der Waals surface area contributed by atoms with Crippen molar-refractivity contribution in [3.05, 3.63) is 0 Å². The van der Waals surface area contributed by atoms with Gasteiger partial charge in [-0.1, -0.05) is 13.3 Å². The quantitative estimate of drug-likeness (QED) is 0.419. The monoisotopic (exact) mass is 189 g/mol. The van der Waals surface area contributed by atoms with Crippen LogP contribution in [0.25, 0.3) is 0 Å². The summed E-state index contributed by atoms with van der Waals surface area (Å²) in [6, 6.07) is 0. The van der Waals surface area contributed by atoms with Crippen molar-refractivity contribution in [1.29, 1.82) is 0 Å². The van der Waals surface area contributed by atoms with Crippen molar-refractivity contribution < 1.29 is 19.9 Å². The highest BCUT2D eigenvalue weighted by atomic mass is 16.4. The maximum absolute atomic E-state index is 10.7. The molecule has 0 aliphatic carbocycles. The van der Waals surface area contributed by atoms with Gasteiger partial charge in [0, 0.05) is 0 Å². The van der Waals surface area contributed by atoms with E-state index >= 15 is 0 Å². The van der Waals surface area contributed by atoms with Gasteiger partial charge in [-0.15, -0.1) is 0 Å². The fraction of sp³-hybridized carbons (Fsp3) is 0.857. The summed E-state index contributed by atoms with van der Waals surface area (Å²) in [5.41, 5.74) is 4.26. The highest BCUT2D eigenvalue weighted by Crippen LogP contribution is 2.17. The summed E-state index contributed by atoms with van der Waals surface area (Å²) in [5, 5.41) is 25.9. The van der Waals surface area contributed by atoms with Gasteiger partial charge in [0.05, 0.1) is 0 Å². The molecule has 0 radical (unpaired) electrons. The van der Waals surface area contributed by atoms with Gasteiger partial charge in [0.1, 0.15) is 5.54 Å². The maximum Gasteiger partial charge on any atom is 0.451 e. The van der Waals surface area contributed by atoms with Crippen molar-refractivity contribution in [1.82, 2.24) is 0 Å². The summed E-state index contributed by atoms with van der Waals surface area (Å²) in [5.74, 6) is -1.09. The highest BCUT2D eigenvalue weighted by molar-refractivity contribution is 6.41. The summed E-state index contributed by atoms with van der Waals surface area (Å²) in [7, 11) is -1.49. The molecular weight excluding hydrogens is 173 g/mol. The highest BCUT2D eigenvalue weighted by Gasteiger charge is 2.33. The Kier molecular flexibility index (Phi) is 4.98. The van der Waals surface area contributed by atoms with Crippen LogP contribution in [-0.2, 0) is 4.79 Å². The van der Waals surface area contributed by atoms with Crippen LogP contribution in [0.15, 0.2) is 0 Å². The van der Waals surface area contributed by atoms with Crippen molar-refractivity contribution in [2.45, 2.75) is 38.0 Å². The third kappa shape index (κ3) is 4.26. The van der Waals surface area contributed by atoms with Gasteiger partial charge in [0.15, 0.2) is 0 Å². The molecule has 0 amide bonds. The van der Waals surface area contributed by atoms with Crippen LogP contribution in [0.1, 0.15) is 26.2 Å². The topological polar surface area (TPSA) is 104 Å². The van der Waals surface area contributed by atoms with Gasteiger partial charge in [-0.25, -0.2) is 0 Å². The van der Waals surface area contributed by atoms with Crippen LogP contribution in [-0.4, -0.2) is 33.8 Å². The van der Waals surface area contributed by atoms with E-state index < -0.39 is 18.6 Å². The molecule has 5 nitrogen and oxygen atoms in total. The van der Waals surface area contributed by atoms with E-state index in [1.54, 1.807) is 0 Å². The van der Waals surface area contributed by atoms with Gasteiger partial charge in [0.2, 0.25) is 0 Å². The van der Waals surface area contributed by atoms with Crippen LogP contribution in [0.2, 0.25) is 6.32 Å². The van der Waals surface area contributed by atoms with Crippen molar-refractivity contribution in [3.8, 4) is 0 Å². The zero-order chi connectivity index (χ0) is 10.5. The smallest absolute Gasteiger partial charge is 0.451 e. The summed E-state index contributed by atoms with van der Waals surface area (Å²) in [4.78, 5) is 10.7. The van der Waals surface area contributed by atoms with Gasteiger partial charge in [-0.3, -0.25) is 4.79 Å². The zero-order valence-electron chi connectivity index (χ0n) is 7.73. The molecule has 0 aliphatic rings. The molecule has 0 spiro atoms. The largest absolute Gasteiger partial charge is 0.480 e. The molecule has 0 saturated heterocycles. The van der Waals surface area contributed by atoms with E-state index in [0.717, 1.165) is 0 Å². The molecule has 0 aliphatic heterocycles. The number of aliphatic carboxylic acids is 1. The fourth-order valence-electron chi connectivity index (χ4n) is 1.17. The number of hydrogen-bond acceptors (Lipinski definition) is 4. The first kappa shape index (κ1) is 12.4. The van der Waals surface area contributed by atoms with Crippen LogP contribution < -0.4 is 5.73 Å². The van der Waals surface area contributed by atoms with E-state index in [9.17, 15) is 4.79 Å². The van der Waals surface area contributed by atoms with E-state index in [1.807, 2.05) is 6.92 Å². The lowest BCUT2D eigenvalue weighted by molar-refractivity contribution is -0.143. The molecule has 0 aromatic rings. The minimum absolute atomic E-state index is 0.0111. The first-order valence-electron chi connectivity index (χ1n) is 4.31. The lowest BCUT2D eigenvalue weighted by Crippen LogP contribution is -2.48. The minimum Gasteiger partial charge on any atom is -0.480 e. The Bertz CT molecular complexity index is 176. The Morgan fingerprint density at radius 3 is 2.31 bits per heavy atom. The Morgan fingerprint density at radius 1 is 1.46 bits per heavy atom. The number of carbonyl (C=O) groups is 1. The average Bonchev–Trinajstić information content (AvgIpc) is 2.01. The first-order chi connectivity index (χ1) is 5.92. The molecule has 0 bridgehead atoms. The third-order valence-electron chi connectivity index (χ3n) is 1.97. The molecule has 1 atom stereocenters. The molecule has 0 fully saturated rings. The van der Waals surface area contributed by atoms with Crippen molar-refractivity contribution in [2.24, 2.45) is 5.73 Å². The van der Waals surface area contributed by atoms with Gasteiger partial charge in [-0.2, -0.15) is 0 Å². The van der Waals surface area contributed by atoms with Gasteiger partial charge in [-0.05, 0) is 19.2 Å². The van der Waals surface area contributed by atoms with Crippen LogP contribution >= 0.6 is 0 Å². The summed E-state index contributed by atoms with van der Waals surface area (Å²) < 4.78 is 0. The van der Waals surface area contributed by atoms with Crippen LogP contribution in [0, 0.1) is 0 Å². The van der Waals surface area contributed by atoms with E-state index in [4.69, 9.17) is 20.9 Å². The normalized spacial score (nSPS) is 15.1. The Balaban J connectivity index is 4.16. The second-order valence-corrected chi connectivity index (χ2v) is 3.23. The van der Waals surface area contributed by atoms with Gasteiger partial charge in [0.25, 0.3) is 0 Å². The molecular formula is C7H16BNO4. The maximum atomic E-state index is 10.7. The van der Waals surface area contributed by atoms with Crippen LogP contribution in [0.3, 0.4) is 0 Å². The average molecular weight is 189 g/mol. The molecule has 0 aromatic heterocycles. The van der Waals surface area contributed by atoms with Crippen molar-refractivity contribution in [2.75, 3.05) is 0 Å². The van der Waals surface area contributed by atoms with Crippen molar-refractivity contribution >= 4 is 13.1 Å².